The normalized spacial score (nSPS) is 20.2. The number of carbonyl (C=O) groups excluding carboxylic acids is 2. The summed E-state index contributed by atoms with van der Waals surface area (Å²) in [6.45, 7) is 3.56. The molecule has 0 aromatic carbocycles. The average molecular weight is 449 g/mol. The summed E-state index contributed by atoms with van der Waals surface area (Å²) in [6, 6.07) is -0.944. The molecule has 1 aromatic heterocycles. The molecule has 3 heterocycles. The fourth-order valence-electron chi connectivity index (χ4n) is 2.62. The molecule has 0 radical (unpaired) electrons. The number of carboxylic acids is 1. The van der Waals surface area contributed by atoms with Crippen LogP contribution >= 0.6 is 23.1 Å². The molecule has 29 heavy (non-hydrogen) atoms. The maximum atomic E-state index is 12.4. The molecular weight excluding hydrogens is 430 g/mol. The largest absolute Gasteiger partial charge is 0.477 e. The van der Waals surface area contributed by atoms with Crippen molar-refractivity contribution in [2.24, 2.45) is 5.16 Å². The van der Waals surface area contributed by atoms with Gasteiger partial charge in [0.15, 0.2) is 10.8 Å². The first-order valence-corrected chi connectivity index (χ1v) is 9.09. The van der Waals surface area contributed by atoms with E-state index < -0.39 is 29.2 Å². The van der Waals surface area contributed by atoms with Gasteiger partial charge >= 0.3 is 5.97 Å². The topological polar surface area (TPSA) is 253 Å². The van der Waals surface area contributed by atoms with Gasteiger partial charge in [0.1, 0.15) is 22.8 Å². The van der Waals surface area contributed by atoms with Crippen LogP contribution in [-0.2, 0) is 14.4 Å². The van der Waals surface area contributed by atoms with Gasteiger partial charge in [-0.1, -0.05) is 17.8 Å². The van der Waals surface area contributed by atoms with Crippen molar-refractivity contribution < 1.29 is 41.1 Å². The first kappa shape index (κ1) is 26.0. The van der Waals surface area contributed by atoms with Crippen molar-refractivity contribution in [1.29, 1.82) is 0 Å². The number of thioether (sulfide) groups is 1. The predicted molar refractivity (Wildman–Crippen MR) is 106 cm³/mol. The van der Waals surface area contributed by atoms with Gasteiger partial charge in [-0.15, -0.1) is 23.1 Å². The number of amides is 2. The van der Waals surface area contributed by atoms with Crippen LogP contribution in [0.25, 0.3) is 0 Å². The number of nitrogen functional groups attached to an aromatic ring is 1. The number of carbonyl (C=O) groups is 3. The number of nitrogens with zero attached hydrogens (tertiary/aromatic N) is 3. The Balaban J connectivity index is 0.00000261. The molecule has 2 atom stereocenters. The highest BCUT2D eigenvalue weighted by Crippen LogP contribution is 2.40. The molecular formula is C14H19N5O8S2. The Labute approximate surface area is 171 Å². The molecule has 1 fully saturated rings. The van der Waals surface area contributed by atoms with Gasteiger partial charge in [0, 0.05) is 11.1 Å². The Bertz CT molecular complexity index is 883. The van der Waals surface area contributed by atoms with Crippen LogP contribution in [0, 0.1) is 0 Å². The van der Waals surface area contributed by atoms with E-state index in [-0.39, 0.29) is 38.7 Å². The summed E-state index contributed by atoms with van der Waals surface area (Å²) < 4.78 is 0. The minimum absolute atomic E-state index is 0. The minimum atomic E-state index is -1.24. The Kier molecular flexibility index (Phi) is 8.96. The Hall–Kier alpha value is -2.98. The molecule has 11 N–H and O–H groups in total. The summed E-state index contributed by atoms with van der Waals surface area (Å²) >= 11 is 2.37. The summed E-state index contributed by atoms with van der Waals surface area (Å²) in [6.07, 6.45) is 1.40. The average Bonchev–Trinajstić information content (AvgIpc) is 3.04. The van der Waals surface area contributed by atoms with E-state index in [2.05, 4.69) is 22.0 Å². The second-order valence-electron chi connectivity index (χ2n) is 5.26. The number of β-lactam (4-membered cyclic amide) rings is 1. The zero-order chi connectivity index (χ0) is 19.0. The zero-order valence-corrected chi connectivity index (χ0v) is 16.2. The van der Waals surface area contributed by atoms with Gasteiger partial charge in [0.25, 0.3) is 11.8 Å². The molecule has 2 aliphatic heterocycles. The quantitative estimate of drug-likeness (QED) is 0.159. The molecule has 0 bridgehead atoms. The number of nitrogens with one attached hydrogen (secondary N) is 1. The highest BCUT2D eigenvalue weighted by Gasteiger charge is 2.54. The van der Waals surface area contributed by atoms with Crippen LogP contribution in [0.4, 0.5) is 5.13 Å². The number of aromatic nitrogens is 1. The van der Waals surface area contributed by atoms with Crippen molar-refractivity contribution in [2.45, 2.75) is 11.4 Å². The first-order valence-electron chi connectivity index (χ1n) is 7.16. The summed E-state index contributed by atoms with van der Waals surface area (Å²) in [5.41, 5.74) is 5.49. The van der Waals surface area contributed by atoms with E-state index in [0.29, 0.717) is 11.3 Å². The number of allylic oxidation sites excluding steroid dienone is 1. The summed E-state index contributed by atoms with van der Waals surface area (Å²) in [4.78, 5) is 41.2. The van der Waals surface area contributed by atoms with E-state index in [1.807, 2.05) is 0 Å². The van der Waals surface area contributed by atoms with Gasteiger partial charge in [-0.05, 0) is 5.57 Å². The van der Waals surface area contributed by atoms with Crippen LogP contribution in [0.5, 0.6) is 0 Å². The molecule has 1 aromatic rings. The van der Waals surface area contributed by atoms with Crippen LogP contribution in [0.3, 0.4) is 0 Å². The molecule has 0 spiro atoms. The predicted octanol–water partition coefficient (Wildman–Crippen LogP) is -2.65. The Morgan fingerprint density at radius 2 is 2.07 bits per heavy atom. The number of thiazole rings is 1. The van der Waals surface area contributed by atoms with Gasteiger partial charge in [-0.25, -0.2) is 9.78 Å². The summed E-state index contributed by atoms with van der Waals surface area (Å²) in [5.74, 6) is -2.27. The second-order valence-corrected chi connectivity index (χ2v) is 7.26. The monoisotopic (exact) mass is 449 g/mol. The highest BCUT2D eigenvalue weighted by molar-refractivity contribution is 8.00. The third-order valence-electron chi connectivity index (χ3n) is 3.81. The fraction of sp³-hybridized carbons (Fsp3) is 0.214. The number of carboxylic acid groups (broad SMARTS) is 1. The third kappa shape index (κ3) is 4.38. The number of hydrogen-bond donors (Lipinski definition) is 4. The molecule has 0 saturated carbocycles. The number of aliphatic carboxylic acids is 1. The standard InChI is InChI=1S/C14H13N5O5S2.3H2O/c1-2-5-3-25-12-8(11(21)19(12)9(5)13(22)23)17-10(20)7(18-24)6-4-26-14(15)16-6;;;/h2,4,8,12,24H,1,3H2,(H2,15,16)(H,17,20)(H,22,23);3*1H2/b18-7+;;;/t8-,12-;;;/m1.../s1. The molecule has 13 nitrogen and oxygen atoms in total. The van der Waals surface area contributed by atoms with E-state index >= 15 is 0 Å². The number of fused-ring (bicyclic) bond motifs is 1. The van der Waals surface area contributed by atoms with E-state index in [1.165, 1.54) is 23.2 Å². The van der Waals surface area contributed by atoms with Crippen molar-refractivity contribution in [1.82, 2.24) is 15.2 Å². The molecule has 3 rings (SSSR count). The van der Waals surface area contributed by atoms with Gasteiger partial charge in [-0.2, -0.15) is 0 Å². The van der Waals surface area contributed by atoms with Crippen molar-refractivity contribution in [3.63, 3.8) is 0 Å². The van der Waals surface area contributed by atoms with Gasteiger partial charge in [0.2, 0.25) is 0 Å². The van der Waals surface area contributed by atoms with Crippen LogP contribution in [0.2, 0.25) is 0 Å². The van der Waals surface area contributed by atoms with Crippen molar-refractivity contribution in [3.8, 4) is 0 Å². The Morgan fingerprint density at radius 3 is 2.55 bits per heavy atom. The minimum Gasteiger partial charge on any atom is -0.477 e. The van der Waals surface area contributed by atoms with Gasteiger partial charge in [0.05, 0.1) is 0 Å². The van der Waals surface area contributed by atoms with Crippen LogP contribution in [0.15, 0.2) is 34.5 Å². The van der Waals surface area contributed by atoms with E-state index in [0.717, 1.165) is 16.2 Å². The van der Waals surface area contributed by atoms with Crippen molar-refractivity contribution in [3.05, 3.63) is 35.0 Å². The maximum absolute atomic E-state index is 12.4. The van der Waals surface area contributed by atoms with Crippen molar-refractivity contribution >= 4 is 51.7 Å². The maximum Gasteiger partial charge on any atom is 0.352 e. The zero-order valence-electron chi connectivity index (χ0n) is 14.6. The lowest BCUT2D eigenvalue weighted by Gasteiger charge is -2.49. The SMILES string of the molecule is C=CC1=C(C(=O)O)N2C(=O)[C@@H](NC(=O)/C(=N/O)c3csc(N)n3)[C@H]2SC1.O.O.O. The van der Waals surface area contributed by atoms with E-state index in [1.54, 1.807) is 0 Å². The highest BCUT2D eigenvalue weighted by atomic mass is 32.2. The molecule has 0 unspecified atom stereocenters. The molecule has 0 aliphatic carbocycles. The fourth-order valence-corrected chi connectivity index (χ4v) is 4.51. The Morgan fingerprint density at radius 1 is 1.41 bits per heavy atom. The lowest BCUT2D eigenvalue weighted by molar-refractivity contribution is -0.150. The molecule has 2 amide bonds. The van der Waals surface area contributed by atoms with Gasteiger partial charge < -0.3 is 37.8 Å². The number of hydrogen-bond acceptors (Lipinski definition) is 9. The molecule has 160 valence electrons. The lowest BCUT2D eigenvalue weighted by atomic mass is 10.0. The third-order valence-corrected chi connectivity index (χ3v) is 5.79. The number of anilines is 1. The molecule has 1 saturated heterocycles. The van der Waals surface area contributed by atoms with E-state index in [4.69, 9.17) is 10.9 Å². The first-order chi connectivity index (χ1) is 12.4. The molecule has 2 aliphatic rings. The van der Waals surface area contributed by atoms with Crippen LogP contribution < -0.4 is 11.1 Å². The smallest absolute Gasteiger partial charge is 0.352 e. The van der Waals surface area contributed by atoms with Crippen LogP contribution in [-0.4, -0.2) is 77.3 Å². The number of rotatable bonds is 5. The van der Waals surface area contributed by atoms with Gasteiger partial charge in [-0.3, -0.25) is 14.5 Å². The second kappa shape index (κ2) is 9.99. The van der Waals surface area contributed by atoms with Crippen LogP contribution in [0.1, 0.15) is 5.69 Å². The molecule has 15 heteroatoms. The summed E-state index contributed by atoms with van der Waals surface area (Å²) in [5, 5.41) is 24.9. The summed E-state index contributed by atoms with van der Waals surface area (Å²) in [7, 11) is 0. The van der Waals surface area contributed by atoms with E-state index in [9.17, 15) is 19.5 Å². The lowest BCUT2D eigenvalue weighted by Crippen LogP contribution is -2.71. The van der Waals surface area contributed by atoms with Crippen molar-refractivity contribution in [2.75, 3.05) is 11.5 Å². The number of oxime groups is 1. The number of nitrogens with two attached hydrogens (primary N) is 1.